The molecule has 0 aliphatic carbocycles. The van der Waals surface area contributed by atoms with Gasteiger partial charge in [-0.05, 0) is 55.3 Å². The number of methoxy groups -OCH3 is 2. The summed E-state index contributed by atoms with van der Waals surface area (Å²) in [5, 5.41) is 4.41. The number of hydrogen-bond donors (Lipinski definition) is 1. The molecule has 0 saturated heterocycles. The number of nitrogens with zero attached hydrogens (tertiary/aromatic N) is 3. The summed E-state index contributed by atoms with van der Waals surface area (Å²) in [7, 11) is -0.826. The molecule has 0 fully saturated rings. The number of aromatic nitrogens is 3. The van der Waals surface area contributed by atoms with E-state index < -0.39 is 10.0 Å². The molecule has 0 radical (unpaired) electrons. The van der Waals surface area contributed by atoms with Crippen LogP contribution >= 0.6 is 0 Å². The molecule has 2 aromatic heterocycles. The van der Waals surface area contributed by atoms with E-state index in [1.54, 1.807) is 48.2 Å². The van der Waals surface area contributed by atoms with E-state index in [0.29, 0.717) is 17.0 Å². The highest BCUT2D eigenvalue weighted by atomic mass is 32.2. The summed E-state index contributed by atoms with van der Waals surface area (Å²) >= 11 is 0. The Morgan fingerprint density at radius 3 is 2.44 bits per heavy atom. The number of rotatable bonds is 7. The van der Waals surface area contributed by atoms with Gasteiger partial charge in [0.15, 0.2) is 5.65 Å². The number of fused-ring (bicyclic) bond motifs is 1. The van der Waals surface area contributed by atoms with E-state index in [1.165, 1.54) is 7.11 Å². The highest BCUT2D eigenvalue weighted by Crippen LogP contribution is 2.32. The Kier molecular flexibility index (Phi) is 5.86. The number of nitrogens with one attached hydrogen (secondary N) is 1. The summed E-state index contributed by atoms with van der Waals surface area (Å²) in [5.74, 6) is 0.964. The minimum Gasteiger partial charge on any atom is -0.497 e. The van der Waals surface area contributed by atoms with E-state index in [1.807, 2.05) is 32.0 Å². The molecule has 2 heterocycles. The molecule has 4 aromatic rings. The highest BCUT2D eigenvalue weighted by Gasteiger charge is 2.22. The van der Waals surface area contributed by atoms with Gasteiger partial charge in [0.1, 0.15) is 16.4 Å². The van der Waals surface area contributed by atoms with Crippen molar-refractivity contribution < 1.29 is 17.9 Å². The van der Waals surface area contributed by atoms with Crippen molar-refractivity contribution in [3.63, 3.8) is 0 Å². The standard InChI is InChI=1S/C23H24N4O4S/c1-15-11-16(2)27-23(26-15)20(14-24-27)18-7-10-21(31-4)22(12-18)32(28,29)25-13-17-5-8-19(30-3)9-6-17/h5-12,14,25H,13H2,1-4H3. The fourth-order valence-electron chi connectivity index (χ4n) is 3.53. The molecule has 0 saturated carbocycles. The van der Waals surface area contributed by atoms with Gasteiger partial charge in [0, 0.05) is 23.5 Å². The Morgan fingerprint density at radius 2 is 1.75 bits per heavy atom. The van der Waals surface area contributed by atoms with Crippen LogP contribution in [0.5, 0.6) is 11.5 Å². The van der Waals surface area contributed by atoms with Crippen LogP contribution < -0.4 is 14.2 Å². The topological polar surface area (TPSA) is 94.8 Å². The second-order valence-corrected chi connectivity index (χ2v) is 9.11. The largest absolute Gasteiger partial charge is 0.497 e. The molecular weight excluding hydrogens is 428 g/mol. The Morgan fingerprint density at radius 1 is 1.00 bits per heavy atom. The van der Waals surface area contributed by atoms with Crippen molar-refractivity contribution >= 4 is 15.7 Å². The van der Waals surface area contributed by atoms with E-state index in [2.05, 4.69) is 14.8 Å². The fraction of sp³-hybridized carbons (Fsp3) is 0.217. The lowest BCUT2D eigenvalue weighted by Gasteiger charge is -2.13. The molecular formula is C23H24N4O4S. The number of ether oxygens (including phenoxy) is 2. The smallest absolute Gasteiger partial charge is 0.244 e. The Hall–Kier alpha value is -3.43. The third-order valence-electron chi connectivity index (χ3n) is 5.17. The van der Waals surface area contributed by atoms with Gasteiger partial charge in [-0.2, -0.15) is 5.10 Å². The molecule has 2 aromatic carbocycles. The summed E-state index contributed by atoms with van der Waals surface area (Å²) in [6.45, 7) is 4.00. The normalized spacial score (nSPS) is 11.6. The fourth-order valence-corrected chi connectivity index (χ4v) is 4.74. The van der Waals surface area contributed by atoms with Gasteiger partial charge in [0.2, 0.25) is 10.0 Å². The molecule has 32 heavy (non-hydrogen) atoms. The van der Waals surface area contributed by atoms with Crippen LogP contribution in [0.15, 0.2) is 59.6 Å². The molecule has 0 atom stereocenters. The predicted molar refractivity (Wildman–Crippen MR) is 121 cm³/mol. The van der Waals surface area contributed by atoms with Crippen LogP contribution in [0.2, 0.25) is 0 Å². The van der Waals surface area contributed by atoms with E-state index in [0.717, 1.165) is 22.5 Å². The quantitative estimate of drug-likeness (QED) is 0.461. The van der Waals surface area contributed by atoms with Crippen molar-refractivity contribution in [3.05, 3.63) is 71.7 Å². The van der Waals surface area contributed by atoms with E-state index in [9.17, 15) is 8.42 Å². The van der Waals surface area contributed by atoms with Crippen molar-refractivity contribution in [2.75, 3.05) is 14.2 Å². The third-order valence-corrected chi connectivity index (χ3v) is 6.59. The van der Waals surface area contributed by atoms with Crippen molar-refractivity contribution in [1.82, 2.24) is 19.3 Å². The van der Waals surface area contributed by atoms with Gasteiger partial charge in [-0.15, -0.1) is 0 Å². The summed E-state index contributed by atoms with van der Waals surface area (Å²) in [4.78, 5) is 4.64. The van der Waals surface area contributed by atoms with E-state index in [-0.39, 0.29) is 17.2 Å². The number of hydrogen-bond acceptors (Lipinski definition) is 6. The van der Waals surface area contributed by atoms with Crippen LogP contribution in [0, 0.1) is 13.8 Å². The first kappa shape index (κ1) is 21.8. The molecule has 0 spiro atoms. The van der Waals surface area contributed by atoms with Crippen LogP contribution in [0.3, 0.4) is 0 Å². The Labute approximate surface area is 186 Å². The van der Waals surface area contributed by atoms with Gasteiger partial charge in [0.25, 0.3) is 0 Å². The highest BCUT2D eigenvalue weighted by molar-refractivity contribution is 7.89. The SMILES string of the molecule is COc1ccc(CNS(=O)(=O)c2cc(-c3cnn4c(C)cc(C)nc34)ccc2OC)cc1. The number of sulfonamides is 1. The summed E-state index contributed by atoms with van der Waals surface area (Å²) in [5.41, 5.74) is 4.71. The average molecular weight is 453 g/mol. The molecule has 4 rings (SSSR count). The van der Waals surface area contributed by atoms with Crippen LogP contribution in [0.1, 0.15) is 17.0 Å². The first-order chi connectivity index (χ1) is 15.3. The lowest BCUT2D eigenvalue weighted by atomic mass is 10.1. The summed E-state index contributed by atoms with van der Waals surface area (Å²) in [6, 6.07) is 14.2. The molecule has 166 valence electrons. The zero-order valence-corrected chi connectivity index (χ0v) is 19.1. The Balaban J connectivity index is 1.70. The average Bonchev–Trinajstić information content (AvgIpc) is 3.22. The molecule has 0 amide bonds. The van der Waals surface area contributed by atoms with Crippen molar-refractivity contribution in [1.29, 1.82) is 0 Å². The van der Waals surface area contributed by atoms with Crippen molar-refractivity contribution in [2.45, 2.75) is 25.3 Å². The second-order valence-electron chi connectivity index (χ2n) is 7.37. The van der Waals surface area contributed by atoms with Crippen LogP contribution in [0.25, 0.3) is 16.8 Å². The lowest BCUT2D eigenvalue weighted by Crippen LogP contribution is -2.23. The Bertz CT molecular complexity index is 1380. The maximum Gasteiger partial charge on any atom is 0.244 e. The first-order valence-electron chi connectivity index (χ1n) is 9.95. The molecule has 0 aliphatic heterocycles. The van der Waals surface area contributed by atoms with Crippen molar-refractivity contribution in [3.8, 4) is 22.6 Å². The van der Waals surface area contributed by atoms with E-state index in [4.69, 9.17) is 9.47 Å². The first-order valence-corrected chi connectivity index (χ1v) is 11.4. The van der Waals surface area contributed by atoms with Gasteiger partial charge in [-0.3, -0.25) is 0 Å². The summed E-state index contributed by atoms with van der Waals surface area (Å²) in [6.07, 6.45) is 1.69. The molecule has 0 unspecified atom stereocenters. The molecule has 0 bridgehead atoms. The van der Waals surface area contributed by atoms with Crippen LogP contribution in [-0.4, -0.2) is 37.2 Å². The predicted octanol–water partition coefficient (Wildman–Crippen LogP) is 3.51. The number of aryl methyl sites for hydroxylation is 2. The van der Waals surface area contributed by atoms with E-state index >= 15 is 0 Å². The van der Waals surface area contributed by atoms with Crippen LogP contribution in [-0.2, 0) is 16.6 Å². The second kappa shape index (κ2) is 8.60. The van der Waals surface area contributed by atoms with Gasteiger partial charge in [-0.25, -0.2) is 22.6 Å². The van der Waals surface area contributed by atoms with Gasteiger partial charge in [0.05, 0.1) is 20.4 Å². The number of benzene rings is 2. The molecule has 9 heteroatoms. The minimum atomic E-state index is -3.85. The third kappa shape index (κ3) is 4.17. The molecule has 1 N–H and O–H groups in total. The minimum absolute atomic E-state index is 0.0507. The monoisotopic (exact) mass is 452 g/mol. The van der Waals surface area contributed by atoms with Crippen LogP contribution in [0.4, 0.5) is 0 Å². The van der Waals surface area contributed by atoms with Gasteiger partial charge in [-0.1, -0.05) is 18.2 Å². The summed E-state index contributed by atoms with van der Waals surface area (Å²) < 4.78 is 41.2. The zero-order chi connectivity index (χ0) is 22.9. The molecule has 8 nitrogen and oxygen atoms in total. The maximum absolute atomic E-state index is 13.1. The van der Waals surface area contributed by atoms with Gasteiger partial charge < -0.3 is 9.47 Å². The maximum atomic E-state index is 13.1. The van der Waals surface area contributed by atoms with Crippen molar-refractivity contribution in [2.24, 2.45) is 0 Å². The molecule has 0 aliphatic rings. The van der Waals surface area contributed by atoms with Gasteiger partial charge >= 0.3 is 0 Å². The lowest BCUT2D eigenvalue weighted by molar-refractivity contribution is 0.402. The zero-order valence-electron chi connectivity index (χ0n) is 18.3.